The van der Waals surface area contributed by atoms with Gasteiger partial charge in [0, 0.05) is 50.0 Å². The number of hydrogen-bond acceptors (Lipinski definition) is 6. The number of carbonyl (C=O) groups excluding carboxylic acids is 2. The smallest absolute Gasteiger partial charge is 0.411 e. The van der Waals surface area contributed by atoms with Crippen molar-refractivity contribution in [1.82, 2.24) is 4.90 Å². The van der Waals surface area contributed by atoms with Gasteiger partial charge in [-0.15, -0.1) is 0 Å². The van der Waals surface area contributed by atoms with Crippen LogP contribution in [0.4, 0.5) is 21.9 Å². The van der Waals surface area contributed by atoms with Gasteiger partial charge in [-0.1, -0.05) is 37.5 Å². The second kappa shape index (κ2) is 13.2. The number of hydrogen-bond donors (Lipinski definition) is 2. The molecule has 0 spiro atoms. The van der Waals surface area contributed by atoms with E-state index in [9.17, 15) is 9.59 Å². The van der Waals surface area contributed by atoms with Crippen LogP contribution >= 0.6 is 0 Å². The van der Waals surface area contributed by atoms with E-state index in [1.807, 2.05) is 37.3 Å². The summed E-state index contributed by atoms with van der Waals surface area (Å²) in [6.45, 7) is 6.98. The number of anilines is 3. The van der Waals surface area contributed by atoms with Crippen LogP contribution in [0.15, 0.2) is 48.5 Å². The predicted octanol–water partition coefficient (Wildman–Crippen LogP) is 4.97. The molecule has 2 aliphatic rings. The normalized spacial score (nSPS) is 16.9. The highest BCUT2D eigenvalue weighted by Crippen LogP contribution is 2.27. The second-order valence-corrected chi connectivity index (χ2v) is 9.39. The van der Waals surface area contributed by atoms with Crippen molar-refractivity contribution < 1.29 is 19.1 Å². The molecule has 2 N–H and O–H groups in total. The predicted molar refractivity (Wildman–Crippen MR) is 143 cm³/mol. The molecule has 1 aliphatic carbocycles. The van der Waals surface area contributed by atoms with E-state index >= 15 is 0 Å². The number of carbonyl (C=O) groups is 2. The van der Waals surface area contributed by atoms with Gasteiger partial charge >= 0.3 is 6.09 Å². The van der Waals surface area contributed by atoms with Crippen LogP contribution in [-0.2, 0) is 9.53 Å². The van der Waals surface area contributed by atoms with Crippen LogP contribution < -0.4 is 20.3 Å². The lowest BCUT2D eigenvalue weighted by molar-refractivity contribution is -0.120. The average Bonchev–Trinajstić information content (AvgIpc) is 2.91. The van der Waals surface area contributed by atoms with Crippen molar-refractivity contribution in [2.75, 3.05) is 61.5 Å². The van der Waals surface area contributed by atoms with Crippen molar-refractivity contribution in [2.45, 2.75) is 39.0 Å². The van der Waals surface area contributed by atoms with E-state index in [1.54, 1.807) is 6.07 Å². The molecule has 0 bridgehead atoms. The highest BCUT2D eigenvalue weighted by molar-refractivity contribution is 5.93. The quantitative estimate of drug-likeness (QED) is 0.512. The van der Waals surface area contributed by atoms with Gasteiger partial charge < -0.3 is 19.7 Å². The Morgan fingerprint density at radius 1 is 0.944 bits per heavy atom. The standard InChI is InChI=1S/C28H38N4O4/c1-2-35-26-14-7-6-13-25(26)30-28(34)36-20-19-31-15-17-32(18-16-31)24-12-8-11-23(21-24)29-27(33)22-9-4-3-5-10-22/h6-8,11-14,21-22H,2-5,9-10,15-20H2,1H3,(H,29,33)(H,30,34). The summed E-state index contributed by atoms with van der Waals surface area (Å²) in [5.41, 5.74) is 2.60. The molecule has 36 heavy (non-hydrogen) atoms. The molecule has 2 fully saturated rings. The van der Waals surface area contributed by atoms with Gasteiger partial charge in [-0.05, 0) is 50.1 Å². The molecule has 1 saturated carbocycles. The van der Waals surface area contributed by atoms with Crippen LogP contribution in [0.2, 0.25) is 0 Å². The summed E-state index contributed by atoms with van der Waals surface area (Å²) >= 11 is 0. The van der Waals surface area contributed by atoms with E-state index in [1.165, 1.54) is 6.42 Å². The van der Waals surface area contributed by atoms with Gasteiger partial charge in [0.1, 0.15) is 12.4 Å². The topological polar surface area (TPSA) is 83.1 Å². The van der Waals surface area contributed by atoms with Crippen molar-refractivity contribution in [1.29, 1.82) is 0 Å². The summed E-state index contributed by atoms with van der Waals surface area (Å²) in [7, 11) is 0. The lowest BCUT2D eigenvalue weighted by Crippen LogP contribution is -2.47. The molecule has 1 heterocycles. The Hall–Kier alpha value is -3.26. The van der Waals surface area contributed by atoms with Crippen LogP contribution in [0.1, 0.15) is 39.0 Å². The number of nitrogens with one attached hydrogen (secondary N) is 2. The number of nitrogens with zero attached hydrogens (tertiary/aromatic N) is 2. The Morgan fingerprint density at radius 3 is 2.50 bits per heavy atom. The second-order valence-electron chi connectivity index (χ2n) is 9.39. The third-order valence-electron chi connectivity index (χ3n) is 6.89. The lowest BCUT2D eigenvalue weighted by Gasteiger charge is -2.36. The minimum absolute atomic E-state index is 0.148. The number of ether oxygens (including phenoxy) is 2. The minimum atomic E-state index is -0.479. The van der Waals surface area contributed by atoms with E-state index in [0.29, 0.717) is 31.2 Å². The Bertz CT molecular complexity index is 1000. The molecule has 2 aromatic rings. The zero-order valence-electron chi connectivity index (χ0n) is 21.2. The zero-order valence-corrected chi connectivity index (χ0v) is 21.2. The summed E-state index contributed by atoms with van der Waals surface area (Å²) in [6.07, 6.45) is 5.07. The van der Waals surface area contributed by atoms with Crippen LogP contribution in [0.3, 0.4) is 0 Å². The van der Waals surface area contributed by atoms with Crippen molar-refractivity contribution in [3.63, 3.8) is 0 Å². The minimum Gasteiger partial charge on any atom is -0.492 e. The first kappa shape index (κ1) is 25.8. The first-order valence-corrected chi connectivity index (χ1v) is 13.2. The third kappa shape index (κ3) is 7.37. The van der Waals surface area contributed by atoms with E-state index in [2.05, 4.69) is 32.6 Å². The third-order valence-corrected chi connectivity index (χ3v) is 6.89. The van der Waals surface area contributed by atoms with Crippen LogP contribution in [0.5, 0.6) is 5.75 Å². The number of para-hydroxylation sites is 2. The van der Waals surface area contributed by atoms with Crippen molar-refractivity contribution in [3.8, 4) is 5.75 Å². The fourth-order valence-corrected chi connectivity index (χ4v) is 4.88. The van der Waals surface area contributed by atoms with Gasteiger partial charge in [0.05, 0.1) is 12.3 Å². The molecule has 8 nitrogen and oxygen atoms in total. The van der Waals surface area contributed by atoms with E-state index in [0.717, 1.165) is 63.2 Å². The summed E-state index contributed by atoms with van der Waals surface area (Å²) in [4.78, 5) is 29.5. The maximum Gasteiger partial charge on any atom is 0.411 e. The van der Waals surface area contributed by atoms with Gasteiger partial charge in [-0.25, -0.2) is 4.79 Å². The van der Waals surface area contributed by atoms with Gasteiger partial charge in [0.25, 0.3) is 0 Å². The van der Waals surface area contributed by atoms with E-state index in [-0.39, 0.29) is 11.8 Å². The molecule has 2 amide bonds. The molecule has 1 saturated heterocycles. The molecule has 2 aromatic carbocycles. The largest absolute Gasteiger partial charge is 0.492 e. The lowest BCUT2D eigenvalue weighted by atomic mass is 9.88. The van der Waals surface area contributed by atoms with Crippen LogP contribution in [0, 0.1) is 5.92 Å². The van der Waals surface area contributed by atoms with Crippen molar-refractivity contribution in [3.05, 3.63) is 48.5 Å². The molecular formula is C28H38N4O4. The summed E-state index contributed by atoms with van der Waals surface area (Å²) in [6, 6.07) is 15.5. The summed E-state index contributed by atoms with van der Waals surface area (Å²) < 4.78 is 10.9. The number of rotatable bonds is 9. The Labute approximate surface area is 213 Å². The van der Waals surface area contributed by atoms with Crippen molar-refractivity contribution in [2.24, 2.45) is 5.92 Å². The molecule has 0 unspecified atom stereocenters. The maximum absolute atomic E-state index is 12.6. The Morgan fingerprint density at radius 2 is 1.72 bits per heavy atom. The average molecular weight is 495 g/mol. The Kier molecular flexibility index (Phi) is 9.44. The van der Waals surface area contributed by atoms with E-state index < -0.39 is 6.09 Å². The summed E-state index contributed by atoms with van der Waals surface area (Å²) in [5, 5.41) is 5.89. The Balaban J connectivity index is 1.18. The fourth-order valence-electron chi connectivity index (χ4n) is 4.88. The first-order chi connectivity index (χ1) is 17.6. The zero-order chi connectivity index (χ0) is 25.2. The fraction of sp³-hybridized carbons (Fsp3) is 0.500. The highest BCUT2D eigenvalue weighted by Gasteiger charge is 2.22. The van der Waals surface area contributed by atoms with Gasteiger partial charge in [-0.3, -0.25) is 15.0 Å². The van der Waals surface area contributed by atoms with Gasteiger partial charge in [0.15, 0.2) is 0 Å². The molecule has 1 aliphatic heterocycles. The van der Waals surface area contributed by atoms with Crippen LogP contribution in [-0.4, -0.2) is 62.8 Å². The van der Waals surface area contributed by atoms with Gasteiger partial charge in [0.2, 0.25) is 5.91 Å². The molecule has 0 radical (unpaired) electrons. The molecule has 0 atom stereocenters. The molecule has 0 aromatic heterocycles. The maximum atomic E-state index is 12.6. The number of amides is 2. The molecule has 8 heteroatoms. The number of piperazine rings is 1. The molecule has 4 rings (SSSR count). The highest BCUT2D eigenvalue weighted by atomic mass is 16.5. The van der Waals surface area contributed by atoms with Gasteiger partial charge in [-0.2, -0.15) is 0 Å². The number of benzene rings is 2. The monoisotopic (exact) mass is 494 g/mol. The van der Waals surface area contributed by atoms with E-state index in [4.69, 9.17) is 9.47 Å². The first-order valence-electron chi connectivity index (χ1n) is 13.2. The molecule has 194 valence electrons. The summed E-state index contributed by atoms with van der Waals surface area (Å²) in [5.74, 6) is 0.933. The van der Waals surface area contributed by atoms with Crippen molar-refractivity contribution >= 4 is 29.1 Å². The SMILES string of the molecule is CCOc1ccccc1NC(=O)OCCN1CCN(c2cccc(NC(=O)C3CCCCC3)c2)CC1. The van der Waals surface area contributed by atoms with Crippen LogP contribution in [0.25, 0.3) is 0 Å². The molecular weight excluding hydrogens is 456 g/mol.